The number of hydrogen-bond donors (Lipinski definition) is 0. The van der Waals surface area contributed by atoms with E-state index >= 15 is 0 Å². The van der Waals surface area contributed by atoms with Crippen molar-refractivity contribution in [2.75, 3.05) is 26.7 Å². The monoisotopic (exact) mass is 334 g/mol. The second kappa shape index (κ2) is 6.89. The van der Waals surface area contributed by atoms with E-state index in [9.17, 15) is 14.0 Å². The summed E-state index contributed by atoms with van der Waals surface area (Å²) in [5, 5.41) is 0. The predicted octanol–water partition coefficient (Wildman–Crippen LogP) is 1.98. The van der Waals surface area contributed by atoms with Gasteiger partial charge in [-0.2, -0.15) is 0 Å². The van der Waals surface area contributed by atoms with Crippen LogP contribution in [-0.4, -0.2) is 54.5 Å². The zero-order valence-electron chi connectivity index (χ0n) is 14.1. The summed E-state index contributed by atoms with van der Waals surface area (Å²) in [6.07, 6.45) is 1.15. The van der Waals surface area contributed by atoms with Gasteiger partial charge in [0, 0.05) is 20.1 Å². The van der Waals surface area contributed by atoms with Crippen molar-refractivity contribution in [3.63, 3.8) is 0 Å². The summed E-state index contributed by atoms with van der Waals surface area (Å²) >= 11 is 0. The molecule has 1 aromatic carbocycles. The molecule has 1 aromatic rings. The average Bonchev–Trinajstić information content (AvgIpc) is 2.57. The van der Waals surface area contributed by atoms with Crippen LogP contribution in [0.1, 0.15) is 31.4 Å². The SMILES string of the molecule is CC1CCN(C(=O)[C@@H]2OCC(=O)N(C)[C@H]2c2cccc(F)c2)CC1. The molecule has 2 amide bonds. The van der Waals surface area contributed by atoms with E-state index in [4.69, 9.17) is 4.74 Å². The molecule has 6 heteroatoms. The Morgan fingerprint density at radius 3 is 2.67 bits per heavy atom. The highest BCUT2D eigenvalue weighted by atomic mass is 19.1. The van der Waals surface area contributed by atoms with Crippen molar-refractivity contribution in [1.29, 1.82) is 0 Å². The number of morpholine rings is 1. The molecule has 2 aliphatic heterocycles. The number of ether oxygens (including phenoxy) is 1. The zero-order chi connectivity index (χ0) is 17.3. The fraction of sp³-hybridized carbons (Fsp3) is 0.556. The first-order valence-electron chi connectivity index (χ1n) is 8.39. The van der Waals surface area contributed by atoms with E-state index in [1.807, 2.05) is 0 Å². The van der Waals surface area contributed by atoms with Crippen LogP contribution in [0.2, 0.25) is 0 Å². The van der Waals surface area contributed by atoms with E-state index in [1.165, 1.54) is 17.0 Å². The van der Waals surface area contributed by atoms with Crippen LogP contribution >= 0.6 is 0 Å². The van der Waals surface area contributed by atoms with Gasteiger partial charge in [-0.25, -0.2) is 4.39 Å². The Morgan fingerprint density at radius 2 is 2.00 bits per heavy atom. The summed E-state index contributed by atoms with van der Waals surface area (Å²) in [5.74, 6) is -0.0994. The summed E-state index contributed by atoms with van der Waals surface area (Å²) in [6.45, 7) is 3.46. The number of benzene rings is 1. The third kappa shape index (κ3) is 3.29. The van der Waals surface area contributed by atoms with Gasteiger partial charge in [-0.15, -0.1) is 0 Å². The molecule has 2 fully saturated rings. The first-order chi connectivity index (χ1) is 11.5. The molecule has 0 saturated carbocycles. The average molecular weight is 334 g/mol. The molecule has 130 valence electrons. The van der Waals surface area contributed by atoms with Crippen LogP contribution < -0.4 is 0 Å². The van der Waals surface area contributed by atoms with Gasteiger partial charge in [0.1, 0.15) is 12.4 Å². The number of carbonyl (C=O) groups excluding carboxylic acids is 2. The molecule has 3 rings (SSSR count). The van der Waals surface area contributed by atoms with E-state index in [0.717, 1.165) is 12.8 Å². The number of piperidine rings is 1. The number of rotatable bonds is 2. The highest BCUT2D eigenvalue weighted by Gasteiger charge is 2.42. The Labute approximate surface area is 141 Å². The van der Waals surface area contributed by atoms with Crippen molar-refractivity contribution < 1.29 is 18.7 Å². The summed E-state index contributed by atoms with van der Waals surface area (Å²) in [5.41, 5.74) is 0.578. The smallest absolute Gasteiger partial charge is 0.254 e. The molecule has 0 unspecified atom stereocenters. The zero-order valence-corrected chi connectivity index (χ0v) is 14.1. The molecule has 5 nitrogen and oxygen atoms in total. The molecule has 24 heavy (non-hydrogen) atoms. The van der Waals surface area contributed by atoms with Gasteiger partial charge in [0.15, 0.2) is 6.10 Å². The molecule has 0 N–H and O–H groups in total. The van der Waals surface area contributed by atoms with Crippen molar-refractivity contribution >= 4 is 11.8 Å². The van der Waals surface area contributed by atoms with Crippen LogP contribution in [0.15, 0.2) is 24.3 Å². The maximum absolute atomic E-state index is 13.6. The number of hydrogen-bond acceptors (Lipinski definition) is 3. The van der Waals surface area contributed by atoms with Gasteiger partial charge in [-0.3, -0.25) is 9.59 Å². The molecule has 2 aliphatic rings. The summed E-state index contributed by atoms with van der Waals surface area (Å²) in [6, 6.07) is 5.42. The summed E-state index contributed by atoms with van der Waals surface area (Å²) in [4.78, 5) is 28.3. The van der Waals surface area contributed by atoms with Crippen molar-refractivity contribution in [2.24, 2.45) is 5.92 Å². The summed E-state index contributed by atoms with van der Waals surface area (Å²) in [7, 11) is 1.64. The maximum atomic E-state index is 13.6. The van der Waals surface area contributed by atoms with Crippen molar-refractivity contribution in [3.8, 4) is 0 Å². The molecule has 0 bridgehead atoms. The minimum atomic E-state index is -0.789. The first-order valence-corrected chi connectivity index (χ1v) is 8.39. The third-order valence-corrected chi connectivity index (χ3v) is 5.01. The van der Waals surface area contributed by atoms with Gasteiger partial charge in [-0.05, 0) is 36.5 Å². The maximum Gasteiger partial charge on any atom is 0.254 e. The first kappa shape index (κ1) is 16.9. The van der Waals surface area contributed by atoms with Crippen LogP contribution in [0.3, 0.4) is 0 Å². The van der Waals surface area contributed by atoms with Gasteiger partial charge >= 0.3 is 0 Å². The second-order valence-corrected chi connectivity index (χ2v) is 6.74. The van der Waals surface area contributed by atoms with Crippen LogP contribution in [0.4, 0.5) is 4.39 Å². The third-order valence-electron chi connectivity index (χ3n) is 5.01. The van der Waals surface area contributed by atoms with E-state index < -0.39 is 18.0 Å². The molecule has 0 spiro atoms. The number of carbonyl (C=O) groups is 2. The molecule has 0 radical (unpaired) electrons. The Morgan fingerprint density at radius 1 is 1.29 bits per heavy atom. The van der Waals surface area contributed by atoms with E-state index in [1.54, 1.807) is 24.1 Å². The molecule has 0 aliphatic carbocycles. The number of likely N-dealkylation sites (N-methyl/N-ethyl adjacent to an activating group) is 1. The second-order valence-electron chi connectivity index (χ2n) is 6.74. The molecule has 2 atom stereocenters. The lowest BCUT2D eigenvalue weighted by Gasteiger charge is -2.41. The van der Waals surface area contributed by atoms with Crippen LogP contribution in [0.25, 0.3) is 0 Å². The fourth-order valence-corrected chi connectivity index (χ4v) is 3.42. The topological polar surface area (TPSA) is 49.9 Å². The van der Waals surface area contributed by atoms with E-state index in [2.05, 4.69) is 6.92 Å². The van der Waals surface area contributed by atoms with Crippen LogP contribution in [0, 0.1) is 11.7 Å². The number of nitrogens with zero attached hydrogens (tertiary/aromatic N) is 2. The highest BCUT2D eigenvalue weighted by Crippen LogP contribution is 2.31. The lowest BCUT2D eigenvalue weighted by atomic mass is 9.95. The standard InChI is InChI=1S/C18H23FN2O3/c1-12-6-8-21(9-7-12)18(23)17-16(20(2)15(22)11-24-17)13-4-3-5-14(19)10-13/h3-5,10,12,16-17H,6-9,11H2,1-2H3/t16-,17+/m0/s1. The lowest BCUT2D eigenvalue weighted by Crippen LogP contribution is -2.54. The predicted molar refractivity (Wildman–Crippen MR) is 86.6 cm³/mol. The lowest BCUT2D eigenvalue weighted by molar-refractivity contribution is -0.168. The number of likely N-dealkylation sites (tertiary alicyclic amines) is 1. The minimum Gasteiger partial charge on any atom is -0.356 e. The van der Waals surface area contributed by atoms with Gasteiger partial charge in [0.05, 0.1) is 6.04 Å². The quantitative estimate of drug-likeness (QED) is 0.831. The Hall–Kier alpha value is -1.95. The summed E-state index contributed by atoms with van der Waals surface area (Å²) < 4.78 is 19.2. The largest absolute Gasteiger partial charge is 0.356 e. The van der Waals surface area contributed by atoms with Crippen LogP contribution in [0.5, 0.6) is 0 Å². The van der Waals surface area contributed by atoms with Crippen molar-refractivity contribution in [1.82, 2.24) is 9.80 Å². The fourth-order valence-electron chi connectivity index (χ4n) is 3.42. The number of amides is 2. The van der Waals surface area contributed by atoms with Crippen LogP contribution in [-0.2, 0) is 14.3 Å². The van der Waals surface area contributed by atoms with Gasteiger partial charge in [0.2, 0.25) is 5.91 Å². The normalized spacial score (nSPS) is 25.9. The molecular weight excluding hydrogens is 311 g/mol. The number of halogens is 1. The Balaban J connectivity index is 1.86. The molecular formula is C18H23FN2O3. The van der Waals surface area contributed by atoms with Gasteiger partial charge < -0.3 is 14.5 Å². The van der Waals surface area contributed by atoms with E-state index in [0.29, 0.717) is 24.6 Å². The van der Waals surface area contributed by atoms with Crippen molar-refractivity contribution in [3.05, 3.63) is 35.6 Å². The molecule has 2 heterocycles. The van der Waals surface area contributed by atoms with Crippen molar-refractivity contribution in [2.45, 2.75) is 31.9 Å². The minimum absolute atomic E-state index is 0.115. The Bertz CT molecular complexity index is 628. The molecule has 0 aromatic heterocycles. The van der Waals surface area contributed by atoms with Gasteiger partial charge in [-0.1, -0.05) is 19.1 Å². The van der Waals surface area contributed by atoms with E-state index in [-0.39, 0.29) is 18.4 Å². The Kier molecular flexibility index (Phi) is 4.85. The highest BCUT2D eigenvalue weighted by molar-refractivity contribution is 5.86. The molecule has 2 saturated heterocycles. The van der Waals surface area contributed by atoms with Gasteiger partial charge in [0.25, 0.3) is 5.91 Å².